The lowest BCUT2D eigenvalue weighted by Gasteiger charge is -2.40. The molecule has 2 amide bonds. The van der Waals surface area contributed by atoms with Crippen LogP contribution in [0.25, 0.3) is 0 Å². The predicted molar refractivity (Wildman–Crippen MR) is 175 cm³/mol. The van der Waals surface area contributed by atoms with Crippen molar-refractivity contribution in [3.05, 3.63) is 75.1 Å². The fraction of sp³-hybridized carbons (Fsp3) is 0.529. The van der Waals surface area contributed by atoms with Crippen molar-refractivity contribution >= 4 is 34.4 Å². The van der Waals surface area contributed by atoms with E-state index in [1.54, 1.807) is 30.3 Å². The third-order valence-electron chi connectivity index (χ3n) is 7.83. The van der Waals surface area contributed by atoms with Crippen LogP contribution in [-0.4, -0.2) is 58.3 Å². The molecule has 3 N–H and O–H groups in total. The van der Waals surface area contributed by atoms with E-state index in [-0.39, 0.29) is 38.4 Å². The van der Waals surface area contributed by atoms with E-state index in [0.717, 1.165) is 22.8 Å². The van der Waals surface area contributed by atoms with Crippen LogP contribution in [0, 0.1) is 9.39 Å². The van der Waals surface area contributed by atoms with E-state index < -0.39 is 30.0 Å². The minimum Gasteiger partial charge on any atom is -0.482 e. The Kier molecular flexibility index (Phi) is 15.5. The zero-order valence-electron chi connectivity index (χ0n) is 25.2. The Labute approximate surface area is 269 Å². The number of hydrogen-bond donors (Lipinski definition) is 3. The van der Waals surface area contributed by atoms with Crippen LogP contribution < -0.4 is 10.1 Å². The number of aliphatic hydroxyl groups excluding tert-OH is 2. The first-order valence-corrected chi connectivity index (χ1v) is 16.7. The molecule has 2 aromatic carbocycles. The Bertz CT molecular complexity index is 1190. The molecule has 43 heavy (non-hydrogen) atoms. The number of amides is 2. The lowest BCUT2D eigenvalue weighted by Crippen LogP contribution is -2.54. The summed E-state index contributed by atoms with van der Waals surface area (Å²) < 4.78 is 21.8. The van der Waals surface area contributed by atoms with Crippen LogP contribution in [0.3, 0.4) is 0 Å². The molecular weight excluding hydrogens is 662 g/mol. The second kappa shape index (κ2) is 19.0. The average molecular weight is 709 g/mol. The molecule has 1 aliphatic rings. The number of carbonyl (C=O) groups is 2. The van der Waals surface area contributed by atoms with Crippen molar-refractivity contribution in [2.24, 2.45) is 0 Å². The summed E-state index contributed by atoms with van der Waals surface area (Å²) in [5.41, 5.74) is 0.681. The van der Waals surface area contributed by atoms with Crippen LogP contribution in [0.15, 0.2) is 60.2 Å². The number of hydrogen-bond acceptors (Lipinski definition) is 5. The van der Waals surface area contributed by atoms with Crippen LogP contribution in [0.2, 0.25) is 0 Å². The highest BCUT2D eigenvalue weighted by Gasteiger charge is 2.40. The summed E-state index contributed by atoms with van der Waals surface area (Å²) in [6, 6.07) is 12.8. The summed E-state index contributed by atoms with van der Waals surface area (Å²) in [5.74, 6) is -0.488. The molecule has 3 atom stereocenters. The molecule has 2 aromatic rings. The fourth-order valence-electron chi connectivity index (χ4n) is 5.40. The number of nitrogens with one attached hydrogen (secondary N) is 1. The van der Waals surface area contributed by atoms with Crippen molar-refractivity contribution in [3.8, 4) is 5.75 Å². The maximum absolute atomic E-state index is 14.8. The van der Waals surface area contributed by atoms with Gasteiger partial charge in [-0.25, -0.2) is 4.39 Å². The van der Waals surface area contributed by atoms with E-state index in [4.69, 9.17) is 4.74 Å². The van der Waals surface area contributed by atoms with Crippen LogP contribution in [0.5, 0.6) is 5.75 Å². The molecule has 7 nitrogen and oxygen atoms in total. The van der Waals surface area contributed by atoms with Crippen molar-refractivity contribution < 1.29 is 28.9 Å². The quantitative estimate of drug-likeness (QED) is 0.125. The number of unbranched alkanes of at least 4 members (excludes halogenated alkanes) is 8. The minimum absolute atomic E-state index is 0.0359. The third kappa shape index (κ3) is 11.2. The first-order valence-electron chi connectivity index (χ1n) is 15.6. The van der Waals surface area contributed by atoms with Crippen LogP contribution >= 0.6 is 22.6 Å². The van der Waals surface area contributed by atoms with Crippen molar-refractivity contribution in [2.75, 3.05) is 13.2 Å². The van der Waals surface area contributed by atoms with Gasteiger partial charge in [0.15, 0.2) is 0 Å². The van der Waals surface area contributed by atoms with Crippen LogP contribution in [0.1, 0.15) is 83.1 Å². The molecule has 0 aromatic heterocycles. The van der Waals surface area contributed by atoms with Gasteiger partial charge in [-0.15, -0.1) is 0 Å². The summed E-state index contributed by atoms with van der Waals surface area (Å²) in [7, 11) is 0. The molecule has 0 fully saturated rings. The van der Waals surface area contributed by atoms with E-state index in [2.05, 4.69) is 34.8 Å². The molecule has 3 unspecified atom stereocenters. The van der Waals surface area contributed by atoms with Gasteiger partial charge in [0.25, 0.3) is 0 Å². The van der Waals surface area contributed by atoms with Gasteiger partial charge in [0, 0.05) is 37.1 Å². The molecule has 0 aliphatic heterocycles. The second-order valence-corrected chi connectivity index (χ2v) is 12.3. The van der Waals surface area contributed by atoms with E-state index >= 15 is 0 Å². The summed E-state index contributed by atoms with van der Waals surface area (Å²) in [6.07, 6.45) is 9.89. The Balaban J connectivity index is 1.80. The number of carbonyl (C=O) groups excluding carboxylic acids is 2. The smallest absolute Gasteiger partial charge is 0.247 e. The SMILES string of the molecule is CCCCCCCCCCCC(=O)N(Cc1ccccc1F)C1CC(C(=O)NCCO)=CC(Oc2ccccc2I)C1O. The highest BCUT2D eigenvalue weighted by Crippen LogP contribution is 2.31. The number of halogens is 2. The second-order valence-electron chi connectivity index (χ2n) is 11.1. The number of rotatable bonds is 18. The van der Waals surface area contributed by atoms with Gasteiger partial charge >= 0.3 is 0 Å². The molecule has 0 bridgehead atoms. The van der Waals surface area contributed by atoms with Gasteiger partial charge in [-0.05, 0) is 53.3 Å². The first kappa shape index (κ1) is 35.0. The van der Waals surface area contributed by atoms with Gasteiger partial charge < -0.3 is 25.2 Å². The topological polar surface area (TPSA) is 99.1 Å². The molecule has 0 saturated carbocycles. The molecule has 9 heteroatoms. The number of aliphatic hydroxyl groups is 2. The van der Waals surface area contributed by atoms with Crippen LogP contribution in [-0.2, 0) is 16.1 Å². The average Bonchev–Trinajstić information content (AvgIpc) is 3.00. The van der Waals surface area contributed by atoms with Crippen LogP contribution in [0.4, 0.5) is 4.39 Å². The molecule has 0 saturated heterocycles. The maximum Gasteiger partial charge on any atom is 0.247 e. The molecule has 1 aliphatic carbocycles. The molecule has 0 radical (unpaired) electrons. The Morgan fingerprint density at radius 3 is 2.33 bits per heavy atom. The number of benzene rings is 2. The van der Waals surface area contributed by atoms with Gasteiger partial charge in [-0.1, -0.05) is 88.6 Å². The Morgan fingerprint density at radius 2 is 1.65 bits per heavy atom. The van der Waals surface area contributed by atoms with Gasteiger partial charge in [-0.2, -0.15) is 0 Å². The molecular formula is C34H46FIN2O5. The number of ether oxygens (including phenoxy) is 1. The normalized spacial score (nSPS) is 18.2. The summed E-state index contributed by atoms with van der Waals surface area (Å²) >= 11 is 2.14. The van der Waals surface area contributed by atoms with Gasteiger partial charge in [0.2, 0.25) is 11.8 Å². The number of para-hydroxylation sites is 1. The Hall–Kier alpha value is -2.50. The summed E-state index contributed by atoms with van der Waals surface area (Å²) in [4.78, 5) is 28.3. The maximum atomic E-state index is 14.8. The van der Waals surface area contributed by atoms with E-state index in [0.29, 0.717) is 23.3 Å². The highest BCUT2D eigenvalue weighted by atomic mass is 127. The standard InChI is InChI=1S/C34H46FIN2O5/c1-2-3-4-5-6-7-8-9-10-19-32(40)38(24-25-15-11-12-16-27(25)35)29-22-26(34(42)37-20-21-39)23-31(33(29)41)43-30-18-14-13-17-28(30)36/h11-18,23,29,31,33,39,41H,2-10,19-22,24H2,1H3,(H,37,42). The fourth-order valence-corrected chi connectivity index (χ4v) is 5.91. The lowest BCUT2D eigenvalue weighted by atomic mass is 9.87. The summed E-state index contributed by atoms with van der Waals surface area (Å²) in [6.45, 7) is 2.02. The molecule has 236 valence electrons. The Morgan fingerprint density at radius 1 is 1.00 bits per heavy atom. The van der Waals surface area contributed by atoms with E-state index in [9.17, 15) is 24.2 Å². The van der Waals surface area contributed by atoms with Crippen molar-refractivity contribution in [3.63, 3.8) is 0 Å². The van der Waals surface area contributed by atoms with Crippen molar-refractivity contribution in [1.29, 1.82) is 0 Å². The zero-order valence-corrected chi connectivity index (χ0v) is 27.3. The van der Waals surface area contributed by atoms with Crippen molar-refractivity contribution in [1.82, 2.24) is 10.2 Å². The van der Waals surface area contributed by atoms with E-state index in [1.165, 1.54) is 43.1 Å². The summed E-state index contributed by atoms with van der Waals surface area (Å²) in [5, 5.41) is 23.5. The van der Waals surface area contributed by atoms with E-state index in [1.807, 2.05) is 18.2 Å². The number of nitrogens with zero attached hydrogens (tertiary/aromatic N) is 1. The highest BCUT2D eigenvalue weighted by molar-refractivity contribution is 14.1. The zero-order chi connectivity index (χ0) is 31.0. The third-order valence-corrected chi connectivity index (χ3v) is 8.72. The van der Waals surface area contributed by atoms with Gasteiger partial charge in [0.1, 0.15) is 23.8 Å². The molecule has 0 spiro atoms. The minimum atomic E-state index is -1.16. The lowest BCUT2D eigenvalue weighted by molar-refractivity contribution is -0.139. The molecule has 3 rings (SSSR count). The monoisotopic (exact) mass is 708 g/mol. The largest absolute Gasteiger partial charge is 0.482 e. The molecule has 0 heterocycles. The van der Waals surface area contributed by atoms with Gasteiger partial charge in [0.05, 0.1) is 16.2 Å². The predicted octanol–water partition coefficient (Wildman–Crippen LogP) is 6.30. The van der Waals surface area contributed by atoms with Gasteiger partial charge in [-0.3, -0.25) is 9.59 Å². The first-order chi connectivity index (χ1) is 20.8. The van der Waals surface area contributed by atoms with Crippen molar-refractivity contribution in [2.45, 2.75) is 102 Å².